The standard InChI is InChI=1S/C14H6Br3N3O3/c15-6-1-2-11-8(3-6)12(14(21)18-11)19-13-9(16)4-7(20(22)23)5-10(13)17/h1-5H,(H,18,19,21). The Bertz CT molecular complexity index is 873. The lowest BCUT2D eigenvalue weighted by atomic mass is 10.1. The van der Waals surface area contributed by atoms with Crippen molar-refractivity contribution >= 4 is 76.5 Å². The largest absolute Gasteiger partial charge is 0.320 e. The van der Waals surface area contributed by atoms with E-state index in [-0.39, 0.29) is 17.3 Å². The van der Waals surface area contributed by atoms with Gasteiger partial charge in [-0.3, -0.25) is 14.9 Å². The molecule has 0 spiro atoms. The smallest absolute Gasteiger partial charge is 0.275 e. The first kappa shape index (κ1) is 16.3. The van der Waals surface area contributed by atoms with Crippen molar-refractivity contribution in [3.05, 3.63) is 59.4 Å². The van der Waals surface area contributed by atoms with Crippen LogP contribution in [0.4, 0.5) is 17.1 Å². The van der Waals surface area contributed by atoms with E-state index >= 15 is 0 Å². The number of fused-ring (bicyclic) bond motifs is 1. The summed E-state index contributed by atoms with van der Waals surface area (Å²) < 4.78 is 1.66. The molecule has 0 radical (unpaired) electrons. The van der Waals surface area contributed by atoms with Crippen LogP contribution in [0.2, 0.25) is 0 Å². The lowest BCUT2D eigenvalue weighted by molar-refractivity contribution is -0.385. The van der Waals surface area contributed by atoms with E-state index in [1.165, 1.54) is 12.1 Å². The molecule has 1 aliphatic heterocycles. The summed E-state index contributed by atoms with van der Waals surface area (Å²) in [7, 11) is 0. The lowest BCUT2D eigenvalue weighted by Crippen LogP contribution is -2.14. The van der Waals surface area contributed by atoms with Crippen molar-refractivity contribution in [2.24, 2.45) is 4.99 Å². The molecule has 0 atom stereocenters. The van der Waals surface area contributed by atoms with Crippen LogP contribution < -0.4 is 5.32 Å². The number of carbonyl (C=O) groups excluding carboxylic acids is 1. The molecule has 1 amide bonds. The van der Waals surface area contributed by atoms with E-state index in [9.17, 15) is 14.9 Å². The van der Waals surface area contributed by atoms with E-state index in [1.54, 1.807) is 12.1 Å². The number of aliphatic imine (C=N–C) groups is 1. The zero-order valence-corrected chi connectivity index (χ0v) is 15.9. The predicted molar refractivity (Wildman–Crippen MR) is 97.5 cm³/mol. The van der Waals surface area contributed by atoms with Crippen LogP contribution in [0.3, 0.4) is 0 Å². The fourth-order valence-corrected chi connectivity index (χ4v) is 3.81. The second-order valence-electron chi connectivity index (χ2n) is 4.62. The van der Waals surface area contributed by atoms with Crippen molar-refractivity contribution in [2.45, 2.75) is 0 Å². The van der Waals surface area contributed by atoms with E-state index in [1.807, 2.05) is 6.07 Å². The molecule has 9 heteroatoms. The van der Waals surface area contributed by atoms with Gasteiger partial charge in [-0.15, -0.1) is 0 Å². The molecule has 2 aromatic carbocycles. The van der Waals surface area contributed by atoms with Crippen molar-refractivity contribution < 1.29 is 9.72 Å². The first-order chi connectivity index (χ1) is 10.9. The van der Waals surface area contributed by atoms with Crippen LogP contribution in [-0.2, 0) is 4.79 Å². The molecule has 116 valence electrons. The van der Waals surface area contributed by atoms with Gasteiger partial charge in [-0.1, -0.05) is 15.9 Å². The highest BCUT2D eigenvalue weighted by molar-refractivity contribution is 9.11. The molecule has 1 heterocycles. The van der Waals surface area contributed by atoms with E-state index in [4.69, 9.17) is 0 Å². The Balaban J connectivity index is 2.15. The predicted octanol–water partition coefficient (Wildman–Crippen LogP) is 4.96. The number of nitrogens with one attached hydrogen (secondary N) is 1. The highest BCUT2D eigenvalue weighted by atomic mass is 79.9. The SMILES string of the molecule is O=C1Nc2ccc(Br)cc2C1=Nc1c(Br)cc([N+](=O)[O-])cc1Br. The Hall–Kier alpha value is -1.58. The summed E-state index contributed by atoms with van der Waals surface area (Å²) in [5, 5.41) is 13.6. The number of rotatable bonds is 2. The van der Waals surface area contributed by atoms with Crippen molar-refractivity contribution in [3.63, 3.8) is 0 Å². The number of hydrogen-bond acceptors (Lipinski definition) is 4. The van der Waals surface area contributed by atoms with Crippen molar-refractivity contribution in [3.8, 4) is 0 Å². The van der Waals surface area contributed by atoms with Gasteiger partial charge in [0.05, 0.1) is 25.2 Å². The molecular weight excluding hydrogens is 498 g/mol. The van der Waals surface area contributed by atoms with Gasteiger partial charge in [-0.05, 0) is 50.1 Å². The molecule has 0 saturated heterocycles. The molecule has 0 saturated carbocycles. The average Bonchev–Trinajstić information content (AvgIpc) is 2.77. The lowest BCUT2D eigenvalue weighted by Gasteiger charge is -2.04. The first-order valence-electron chi connectivity index (χ1n) is 6.20. The third kappa shape index (κ3) is 3.08. The van der Waals surface area contributed by atoms with Crippen LogP contribution in [0.25, 0.3) is 0 Å². The number of carbonyl (C=O) groups is 1. The third-order valence-corrected chi connectivity index (χ3v) is 4.84. The molecule has 2 aromatic rings. The van der Waals surface area contributed by atoms with Crippen LogP contribution in [0.15, 0.2) is 48.7 Å². The molecule has 0 aliphatic carbocycles. The number of benzene rings is 2. The van der Waals surface area contributed by atoms with Gasteiger partial charge in [0.1, 0.15) is 5.71 Å². The summed E-state index contributed by atoms with van der Waals surface area (Å²) in [4.78, 5) is 26.9. The monoisotopic (exact) mass is 501 g/mol. The minimum Gasteiger partial charge on any atom is -0.320 e. The van der Waals surface area contributed by atoms with Gasteiger partial charge in [0, 0.05) is 22.2 Å². The zero-order chi connectivity index (χ0) is 16.7. The minimum absolute atomic E-state index is 0.0771. The summed E-state index contributed by atoms with van der Waals surface area (Å²) in [5.41, 5.74) is 1.92. The second-order valence-corrected chi connectivity index (χ2v) is 7.24. The molecule has 0 unspecified atom stereocenters. The van der Waals surface area contributed by atoms with Gasteiger partial charge in [0.15, 0.2) is 0 Å². The van der Waals surface area contributed by atoms with E-state index in [0.717, 1.165) is 4.47 Å². The number of nitro groups is 1. The Morgan fingerprint density at radius 1 is 1.09 bits per heavy atom. The van der Waals surface area contributed by atoms with Crippen molar-refractivity contribution in [2.75, 3.05) is 5.32 Å². The maximum absolute atomic E-state index is 12.1. The Labute approximate surface area is 155 Å². The summed E-state index contributed by atoms with van der Waals surface area (Å²) in [6.07, 6.45) is 0. The number of nitro benzene ring substituents is 1. The zero-order valence-electron chi connectivity index (χ0n) is 11.1. The molecule has 0 bridgehead atoms. The van der Waals surface area contributed by atoms with E-state index < -0.39 is 4.92 Å². The maximum Gasteiger partial charge on any atom is 0.275 e. The fourth-order valence-electron chi connectivity index (χ4n) is 2.11. The third-order valence-electron chi connectivity index (χ3n) is 3.14. The number of halogens is 3. The van der Waals surface area contributed by atoms with Crippen molar-refractivity contribution in [1.82, 2.24) is 0 Å². The highest BCUT2D eigenvalue weighted by Crippen LogP contribution is 2.39. The van der Waals surface area contributed by atoms with Crippen LogP contribution in [0.1, 0.15) is 5.56 Å². The quantitative estimate of drug-likeness (QED) is 0.464. The molecule has 0 fully saturated rings. The molecule has 1 N–H and O–H groups in total. The van der Waals surface area contributed by atoms with Gasteiger partial charge < -0.3 is 5.32 Å². The normalized spacial score (nSPS) is 14.7. The number of anilines is 1. The van der Waals surface area contributed by atoms with Gasteiger partial charge in [-0.25, -0.2) is 4.99 Å². The summed E-state index contributed by atoms with van der Waals surface area (Å²) in [5.74, 6) is -0.324. The van der Waals surface area contributed by atoms with Crippen LogP contribution in [0.5, 0.6) is 0 Å². The van der Waals surface area contributed by atoms with Gasteiger partial charge in [0.2, 0.25) is 0 Å². The van der Waals surface area contributed by atoms with E-state index in [2.05, 4.69) is 58.1 Å². The van der Waals surface area contributed by atoms with Gasteiger partial charge in [0.25, 0.3) is 11.6 Å². The van der Waals surface area contributed by atoms with E-state index in [0.29, 0.717) is 25.9 Å². The Kier molecular flexibility index (Phi) is 4.35. The number of hydrogen-bond donors (Lipinski definition) is 1. The van der Waals surface area contributed by atoms with Gasteiger partial charge in [-0.2, -0.15) is 0 Å². The summed E-state index contributed by atoms with van der Waals surface area (Å²) in [6, 6.07) is 8.08. The van der Waals surface area contributed by atoms with Gasteiger partial charge >= 0.3 is 0 Å². The molecule has 3 rings (SSSR count). The Morgan fingerprint density at radius 2 is 1.74 bits per heavy atom. The highest BCUT2D eigenvalue weighted by Gasteiger charge is 2.27. The maximum atomic E-state index is 12.1. The molecule has 0 aromatic heterocycles. The topological polar surface area (TPSA) is 84.6 Å². The number of nitrogens with zero attached hydrogens (tertiary/aromatic N) is 2. The summed E-state index contributed by atoms with van der Waals surface area (Å²) >= 11 is 9.90. The summed E-state index contributed by atoms with van der Waals surface area (Å²) in [6.45, 7) is 0. The Morgan fingerprint density at radius 3 is 2.35 bits per heavy atom. The molecule has 23 heavy (non-hydrogen) atoms. The molecule has 6 nitrogen and oxygen atoms in total. The first-order valence-corrected chi connectivity index (χ1v) is 8.58. The minimum atomic E-state index is -0.499. The average molecular weight is 504 g/mol. The van der Waals surface area contributed by atoms with Crippen LogP contribution >= 0.6 is 47.8 Å². The van der Waals surface area contributed by atoms with Crippen LogP contribution in [0, 0.1) is 10.1 Å². The second kappa shape index (κ2) is 6.14. The molecular formula is C14H6Br3N3O3. The number of amides is 1. The number of non-ortho nitro benzene ring substituents is 1. The van der Waals surface area contributed by atoms with Crippen molar-refractivity contribution in [1.29, 1.82) is 0 Å². The molecule has 1 aliphatic rings. The fraction of sp³-hybridized carbons (Fsp3) is 0. The van der Waals surface area contributed by atoms with Crippen LogP contribution in [-0.4, -0.2) is 16.5 Å².